The average molecular weight is 730 g/mol. The van der Waals surface area contributed by atoms with E-state index in [1.54, 1.807) is 24.4 Å². The fourth-order valence-electron chi connectivity index (χ4n) is 6.27. The first-order valence-electron chi connectivity index (χ1n) is 18.3. The van der Waals surface area contributed by atoms with Crippen molar-refractivity contribution in [3.8, 4) is 23.1 Å². The molecule has 274 valence electrons. The summed E-state index contributed by atoms with van der Waals surface area (Å²) in [6.45, 7) is 13.4. The Kier molecular flexibility index (Phi) is 12.8. The summed E-state index contributed by atoms with van der Waals surface area (Å²) < 4.78 is 17.9. The second kappa shape index (κ2) is 18.1. The Morgan fingerprint density at radius 3 is 2.25 bits per heavy atom. The molecule has 5 aromatic rings. The van der Waals surface area contributed by atoms with Gasteiger partial charge in [-0.1, -0.05) is 91.7 Å². The van der Waals surface area contributed by atoms with E-state index < -0.39 is 0 Å². The van der Waals surface area contributed by atoms with E-state index in [0.717, 1.165) is 48.5 Å². The summed E-state index contributed by atoms with van der Waals surface area (Å²) in [6, 6.07) is 32.7. The summed E-state index contributed by atoms with van der Waals surface area (Å²) in [5.74, 6) is 3.02. The van der Waals surface area contributed by atoms with Gasteiger partial charge in [-0.05, 0) is 89.6 Å². The molecule has 0 aliphatic carbocycles. The lowest BCUT2D eigenvalue weighted by Crippen LogP contribution is -2.47. The maximum atomic E-state index is 13.1. The van der Waals surface area contributed by atoms with Gasteiger partial charge in [0.1, 0.15) is 18.1 Å². The van der Waals surface area contributed by atoms with Gasteiger partial charge in [-0.3, -0.25) is 9.69 Å². The molecule has 1 amide bonds. The number of benzene rings is 4. The molecule has 0 atom stereocenters. The lowest BCUT2D eigenvalue weighted by atomic mass is 10.0. The quantitative estimate of drug-likeness (QED) is 0.106. The highest BCUT2D eigenvalue weighted by Crippen LogP contribution is 2.34. The monoisotopic (exact) mass is 729 g/mol. The van der Waals surface area contributed by atoms with Crippen molar-refractivity contribution in [3.05, 3.63) is 153 Å². The van der Waals surface area contributed by atoms with Gasteiger partial charge >= 0.3 is 0 Å². The van der Waals surface area contributed by atoms with E-state index in [0.29, 0.717) is 54.6 Å². The summed E-state index contributed by atoms with van der Waals surface area (Å²) in [5, 5.41) is 0.445. The lowest BCUT2D eigenvalue weighted by molar-refractivity contribution is -0.127. The third-order valence-electron chi connectivity index (χ3n) is 9.39. The molecule has 7 nitrogen and oxygen atoms in total. The molecule has 1 aromatic heterocycles. The van der Waals surface area contributed by atoms with Crippen molar-refractivity contribution in [2.75, 3.05) is 32.8 Å². The van der Waals surface area contributed by atoms with E-state index in [-0.39, 0.29) is 5.91 Å². The summed E-state index contributed by atoms with van der Waals surface area (Å²) in [6.07, 6.45) is 5.94. The number of hydrogen-bond donors (Lipinski definition) is 0. The number of aromatic nitrogens is 1. The number of aryl methyl sites for hydroxylation is 2. The van der Waals surface area contributed by atoms with Gasteiger partial charge in [0.25, 0.3) is 0 Å². The highest BCUT2D eigenvalue weighted by molar-refractivity contribution is 6.32. The SMILES string of the molecule is Cc1cccc(COc2ccc(Oc3c(C)cc(/C=C/C(=O)N4CCN(Cc5ccc(CCOc6ccc(C(C)C)cc6)cc5)CC4)cc3Cl)nc2)c1. The molecule has 2 heterocycles. The standard InChI is InChI=1S/C45H48ClN3O4/c1-32(2)39-13-15-40(16-14-39)51-25-20-35-8-10-36(11-9-35)30-48-21-23-49(24-22-48)44(50)19-12-37-27-34(4)45(42(46)28-37)53-43-18-17-41(29-47-43)52-31-38-7-5-6-33(3)26-38/h5-19,26-29,32H,20-25,30-31H2,1-4H3/b19-12+. The van der Waals surface area contributed by atoms with Crippen molar-refractivity contribution >= 4 is 23.6 Å². The maximum absolute atomic E-state index is 13.1. The molecule has 0 unspecified atom stereocenters. The average Bonchev–Trinajstić information content (AvgIpc) is 3.16. The molecule has 8 heteroatoms. The molecule has 0 bridgehead atoms. The van der Waals surface area contributed by atoms with Crippen molar-refractivity contribution in [3.63, 3.8) is 0 Å². The van der Waals surface area contributed by atoms with Crippen LogP contribution in [0.25, 0.3) is 6.08 Å². The molecule has 0 spiro atoms. The van der Waals surface area contributed by atoms with Crippen LogP contribution >= 0.6 is 11.6 Å². The van der Waals surface area contributed by atoms with Gasteiger partial charge in [0, 0.05) is 51.3 Å². The number of hydrogen-bond acceptors (Lipinski definition) is 6. The van der Waals surface area contributed by atoms with Gasteiger partial charge in [0.05, 0.1) is 17.8 Å². The van der Waals surface area contributed by atoms with Gasteiger partial charge in [0.15, 0.2) is 5.75 Å². The third kappa shape index (κ3) is 11.0. The summed E-state index contributed by atoms with van der Waals surface area (Å²) in [7, 11) is 0. The van der Waals surface area contributed by atoms with Crippen molar-refractivity contribution in [2.45, 2.75) is 53.2 Å². The molecular formula is C45H48ClN3O4. The zero-order chi connectivity index (χ0) is 37.2. The molecule has 6 rings (SSSR count). The van der Waals surface area contributed by atoms with Gasteiger partial charge < -0.3 is 19.1 Å². The van der Waals surface area contributed by atoms with Crippen LogP contribution < -0.4 is 14.2 Å². The first-order chi connectivity index (χ1) is 25.7. The predicted octanol–water partition coefficient (Wildman–Crippen LogP) is 9.83. The van der Waals surface area contributed by atoms with Crippen LogP contribution in [-0.4, -0.2) is 53.5 Å². The molecule has 1 aliphatic heterocycles. The first-order valence-corrected chi connectivity index (χ1v) is 18.7. The first kappa shape index (κ1) is 37.6. The van der Waals surface area contributed by atoms with Crippen LogP contribution in [0, 0.1) is 13.8 Å². The van der Waals surface area contributed by atoms with Crippen molar-refractivity contribution in [1.29, 1.82) is 0 Å². The molecule has 53 heavy (non-hydrogen) atoms. The van der Waals surface area contributed by atoms with Gasteiger partial charge in [-0.25, -0.2) is 4.98 Å². The van der Waals surface area contributed by atoms with Crippen molar-refractivity contribution in [1.82, 2.24) is 14.8 Å². The summed E-state index contributed by atoms with van der Waals surface area (Å²) >= 11 is 6.64. The fourth-order valence-corrected chi connectivity index (χ4v) is 6.59. The van der Waals surface area contributed by atoms with Crippen LogP contribution in [0.2, 0.25) is 5.02 Å². The highest BCUT2D eigenvalue weighted by atomic mass is 35.5. The minimum atomic E-state index is -0.00454. The van der Waals surface area contributed by atoms with E-state index in [1.165, 1.54) is 22.3 Å². The Balaban J connectivity index is 0.923. The normalized spacial score (nSPS) is 13.4. The van der Waals surface area contributed by atoms with Gasteiger partial charge in [0.2, 0.25) is 11.8 Å². The van der Waals surface area contributed by atoms with Crippen LogP contribution in [0.15, 0.2) is 109 Å². The maximum Gasteiger partial charge on any atom is 0.246 e. The largest absolute Gasteiger partial charge is 0.493 e. The lowest BCUT2D eigenvalue weighted by Gasteiger charge is -2.34. The topological polar surface area (TPSA) is 64.1 Å². The molecule has 0 N–H and O–H groups in total. The number of carbonyl (C=O) groups is 1. The van der Waals surface area contributed by atoms with Crippen LogP contribution in [0.4, 0.5) is 0 Å². The van der Waals surface area contributed by atoms with E-state index in [2.05, 4.69) is 91.3 Å². The smallest absolute Gasteiger partial charge is 0.246 e. The third-order valence-corrected chi connectivity index (χ3v) is 9.67. The highest BCUT2D eigenvalue weighted by Gasteiger charge is 2.20. The van der Waals surface area contributed by atoms with E-state index in [1.807, 2.05) is 42.2 Å². The number of ether oxygens (including phenoxy) is 3. The molecule has 1 aliphatic rings. The predicted molar refractivity (Wildman–Crippen MR) is 213 cm³/mol. The molecule has 1 saturated heterocycles. The molecular weight excluding hydrogens is 682 g/mol. The van der Waals surface area contributed by atoms with Crippen LogP contribution in [-0.2, 0) is 24.4 Å². The Morgan fingerprint density at radius 2 is 1.57 bits per heavy atom. The summed E-state index contributed by atoms with van der Waals surface area (Å²) in [4.78, 5) is 21.8. The minimum Gasteiger partial charge on any atom is -0.493 e. The molecule has 0 radical (unpaired) electrons. The van der Waals surface area contributed by atoms with E-state index in [4.69, 9.17) is 25.8 Å². The second-order valence-electron chi connectivity index (χ2n) is 13.9. The Hall–Kier alpha value is -5.11. The van der Waals surface area contributed by atoms with Crippen LogP contribution in [0.3, 0.4) is 0 Å². The molecule has 4 aromatic carbocycles. The van der Waals surface area contributed by atoms with E-state index >= 15 is 0 Å². The zero-order valence-corrected chi connectivity index (χ0v) is 31.8. The van der Waals surface area contributed by atoms with Gasteiger partial charge in [-0.2, -0.15) is 0 Å². The molecule has 0 saturated carbocycles. The Morgan fingerprint density at radius 1 is 0.830 bits per heavy atom. The van der Waals surface area contributed by atoms with Crippen LogP contribution in [0.5, 0.6) is 23.1 Å². The number of amides is 1. The van der Waals surface area contributed by atoms with E-state index in [9.17, 15) is 4.79 Å². The number of rotatable bonds is 14. The number of pyridine rings is 1. The molecule has 1 fully saturated rings. The fraction of sp³-hybridized carbons (Fsp3) is 0.289. The Labute approximate surface area is 318 Å². The Bertz CT molecular complexity index is 1960. The zero-order valence-electron chi connectivity index (χ0n) is 31.1. The number of carbonyl (C=O) groups excluding carboxylic acids is 1. The van der Waals surface area contributed by atoms with Crippen molar-refractivity contribution in [2.24, 2.45) is 0 Å². The number of halogens is 1. The van der Waals surface area contributed by atoms with Crippen molar-refractivity contribution < 1.29 is 19.0 Å². The number of piperazine rings is 1. The minimum absolute atomic E-state index is 0.00454. The number of nitrogens with zero attached hydrogens (tertiary/aromatic N) is 3. The van der Waals surface area contributed by atoms with Crippen LogP contribution in [0.1, 0.15) is 58.7 Å². The summed E-state index contributed by atoms with van der Waals surface area (Å²) in [5.41, 5.74) is 7.81. The van der Waals surface area contributed by atoms with Gasteiger partial charge in [-0.15, -0.1) is 0 Å². The second-order valence-corrected chi connectivity index (χ2v) is 14.3.